The van der Waals surface area contributed by atoms with Gasteiger partial charge in [-0.3, -0.25) is 10.1 Å². The van der Waals surface area contributed by atoms with E-state index in [1.54, 1.807) is 35.8 Å². The number of anilines is 1. The van der Waals surface area contributed by atoms with Gasteiger partial charge in [-0.15, -0.1) is 11.3 Å². The molecule has 0 spiro atoms. The number of thiazole rings is 1. The highest BCUT2D eigenvalue weighted by Gasteiger charge is 2.11. The summed E-state index contributed by atoms with van der Waals surface area (Å²) in [7, 11) is 0. The maximum absolute atomic E-state index is 12.1. The first-order valence-corrected chi connectivity index (χ1v) is 8.92. The van der Waals surface area contributed by atoms with Crippen LogP contribution in [0.2, 0.25) is 0 Å². The Bertz CT molecular complexity index is 979. The van der Waals surface area contributed by atoms with Crippen molar-refractivity contribution < 1.29 is 14.1 Å². The van der Waals surface area contributed by atoms with Crippen molar-refractivity contribution in [3.63, 3.8) is 0 Å². The fourth-order valence-corrected chi connectivity index (χ4v) is 2.81. The highest BCUT2D eigenvalue weighted by Crippen LogP contribution is 2.19. The van der Waals surface area contributed by atoms with Crippen molar-refractivity contribution in [3.8, 4) is 11.8 Å². The molecule has 0 saturated heterocycles. The van der Waals surface area contributed by atoms with Gasteiger partial charge < -0.3 is 9.26 Å². The van der Waals surface area contributed by atoms with E-state index >= 15 is 0 Å². The molecule has 0 aliphatic rings. The lowest BCUT2D eigenvalue weighted by molar-refractivity contribution is -0.112. The maximum atomic E-state index is 12.1. The van der Waals surface area contributed by atoms with Gasteiger partial charge in [0.25, 0.3) is 5.91 Å². The topological polar surface area (TPSA) is 101 Å². The van der Waals surface area contributed by atoms with Crippen LogP contribution in [0.4, 0.5) is 5.13 Å². The Kier molecular flexibility index (Phi) is 5.64. The van der Waals surface area contributed by atoms with Gasteiger partial charge in [-0.2, -0.15) is 5.26 Å². The molecular formula is C19H16N4O3S. The number of nitrogens with one attached hydrogen (secondary N) is 1. The summed E-state index contributed by atoms with van der Waals surface area (Å²) in [4.78, 5) is 16.1. The van der Waals surface area contributed by atoms with E-state index in [9.17, 15) is 10.1 Å². The molecule has 0 atom stereocenters. The molecule has 0 unspecified atom stereocenters. The van der Waals surface area contributed by atoms with Gasteiger partial charge in [0.1, 0.15) is 29.8 Å². The third kappa shape index (κ3) is 4.59. The van der Waals surface area contributed by atoms with Crippen LogP contribution < -0.4 is 10.1 Å². The molecule has 0 fully saturated rings. The quantitative estimate of drug-likeness (QED) is 0.514. The van der Waals surface area contributed by atoms with E-state index in [0.717, 1.165) is 17.0 Å². The van der Waals surface area contributed by atoms with Crippen molar-refractivity contribution in [2.24, 2.45) is 0 Å². The standard InChI is InChI=1S/C19H16N4O3S/c1-12-17(13(2)26-23-12)11-25-16-5-3-14(4-6-16)9-15(10-20)18(24)22-19-21-7-8-27-19/h3-9H,11H2,1-2H3,(H,21,22,24)/b15-9+. The molecule has 0 saturated carbocycles. The second kappa shape index (κ2) is 8.29. The van der Waals surface area contributed by atoms with Crippen molar-refractivity contribution in [3.05, 3.63) is 64.0 Å². The molecule has 7 nitrogen and oxygen atoms in total. The summed E-state index contributed by atoms with van der Waals surface area (Å²) < 4.78 is 10.9. The summed E-state index contributed by atoms with van der Waals surface area (Å²) in [5.74, 6) is 0.904. The molecule has 0 bridgehead atoms. The average molecular weight is 380 g/mol. The minimum absolute atomic E-state index is 0.00501. The lowest BCUT2D eigenvalue weighted by atomic mass is 10.1. The van der Waals surface area contributed by atoms with Gasteiger partial charge in [-0.25, -0.2) is 4.98 Å². The minimum atomic E-state index is -0.494. The Morgan fingerprint density at radius 3 is 2.74 bits per heavy atom. The largest absolute Gasteiger partial charge is 0.489 e. The van der Waals surface area contributed by atoms with Gasteiger partial charge in [0, 0.05) is 11.6 Å². The summed E-state index contributed by atoms with van der Waals surface area (Å²) in [6.45, 7) is 4.06. The Labute approximate surface area is 159 Å². The molecule has 0 radical (unpaired) electrons. The van der Waals surface area contributed by atoms with E-state index in [4.69, 9.17) is 9.26 Å². The first-order chi connectivity index (χ1) is 13.1. The van der Waals surface area contributed by atoms with E-state index in [0.29, 0.717) is 23.1 Å². The molecule has 3 aromatic rings. The number of nitrogens with zero attached hydrogens (tertiary/aromatic N) is 3. The van der Waals surface area contributed by atoms with Crippen LogP contribution in [0, 0.1) is 25.2 Å². The number of nitriles is 1. The van der Waals surface area contributed by atoms with E-state index in [-0.39, 0.29) is 5.57 Å². The molecule has 136 valence electrons. The van der Waals surface area contributed by atoms with Crippen LogP contribution >= 0.6 is 11.3 Å². The summed E-state index contributed by atoms with van der Waals surface area (Å²) >= 11 is 1.29. The molecule has 1 aromatic carbocycles. The third-order valence-corrected chi connectivity index (χ3v) is 4.46. The zero-order chi connectivity index (χ0) is 19.2. The molecule has 8 heteroatoms. The van der Waals surface area contributed by atoms with Crippen LogP contribution in [0.5, 0.6) is 5.75 Å². The van der Waals surface area contributed by atoms with Crippen molar-refractivity contribution in [1.29, 1.82) is 5.26 Å². The van der Waals surface area contributed by atoms with Crippen LogP contribution in [0.15, 0.2) is 45.9 Å². The second-order valence-corrected chi connectivity index (χ2v) is 6.52. The monoisotopic (exact) mass is 380 g/mol. The number of amides is 1. The molecule has 2 heterocycles. The fraction of sp³-hybridized carbons (Fsp3) is 0.158. The fourth-order valence-electron chi connectivity index (χ4n) is 2.29. The van der Waals surface area contributed by atoms with Crippen molar-refractivity contribution >= 4 is 28.5 Å². The molecule has 27 heavy (non-hydrogen) atoms. The van der Waals surface area contributed by atoms with E-state index in [1.807, 2.05) is 19.9 Å². The van der Waals surface area contributed by atoms with Crippen LogP contribution in [-0.2, 0) is 11.4 Å². The van der Waals surface area contributed by atoms with Crippen LogP contribution in [0.1, 0.15) is 22.6 Å². The number of aryl methyl sites for hydroxylation is 2. The van der Waals surface area contributed by atoms with Gasteiger partial charge in [0.2, 0.25) is 0 Å². The Morgan fingerprint density at radius 2 is 2.15 bits per heavy atom. The summed E-state index contributed by atoms with van der Waals surface area (Å²) in [5.41, 5.74) is 2.43. The van der Waals surface area contributed by atoms with Gasteiger partial charge >= 0.3 is 0 Å². The molecule has 1 N–H and O–H groups in total. The third-order valence-electron chi connectivity index (χ3n) is 3.77. The molecular weight excluding hydrogens is 364 g/mol. The lowest BCUT2D eigenvalue weighted by Crippen LogP contribution is -2.13. The van der Waals surface area contributed by atoms with Crippen LogP contribution in [0.3, 0.4) is 0 Å². The number of benzene rings is 1. The maximum Gasteiger partial charge on any atom is 0.268 e. The van der Waals surface area contributed by atoms with Crippen molar-refractivity contribution in [1.82, 2.24) is 10.1 Å². The highest BCUT2D eigenvalue weighted by atomic mass is 32.1. The van der Waals surface area contributed by atoms with Crippen molar-refractivity contribution in [2.75, 3.05) is 5.32 Å². The number of hydrogen-bond donors (Lipinski definition) is 1. The normalized spacial score (nSPS) is 11.1. The molecule has 1 amide bonds. The number of hydrogen-bond acceptors (Lipinski definition) is 7. The first-order valence-electron chi connectivity index (χ1n) is 8.04. The highest BCUT2D eigenvalue weighted by molar-refractivity contribution is 7.13. The number of rotatable bonds is 6. The van der Waals surface area contributed by atoms with Crippen LogP contribution in [-0.4, -0.2) is 16.0 Å². The number of carbonyl (C=O) groups excluding carboxylic acids is 1. The molecule has 0 aliphatic carbocycles. The number of carbonyl (C=O) groups is 1. The van der Waals surface area contributed by atoms with E-state index < -0.39 is 5.91 Å². The predicted molar refractivity (Wildman–Crippen MR) is 101 cm³/mol. The van der Waals surface area contributed by atoms with Crippen LogP contribution in [0.25, 0.3) is 6.08 Å². The van der Waals surface area contributed by atoms with E-state index in [1.165, 1.54) is 17.4 Å². The Balaban J connectivity index is 1.66. The molecule has 0 aliphatic heterocycles. The van der Waals surface area contributed by atoms with E-state index in [2.05, 4.69) is 15.5 Å². The summed E-state index contributed by atoms with van der Waals surface area (Å²) in [6, 6.07) is 9.01. The number of aromatic nitrogens is 2. The van der Waals surface area contributed by atoms with Gasteiger partial charge in [0.05, 0.1) is 11.3 Å². The number of ether oxygens (including phenoxy) is 1. The smallest absolute Gasteiger partial charge is 0.268 e. The van der Waals surface area contributed by atoms with Gasteiger partial charge in [-0.05, 0) is 37.6 Å². The summed E-state index contributed by atoms with van der Waals surface area (Å²) in [6.07, 6.45) is 3.10. The first kappa shape index (κ1) is 18.4. The molecule has 3 rings (SSSR count). The summed E-state index contributed by atoms with van der Waals surface area (Å²) in [5, 5.41) is 17.9. The Hall–Kier alpha value is -3.44. The SMILES string of the molecule is Cc1noc(C)c1COc1ccc(/C=C(\C#N)C(=O)Nc2nccs2)cc1. The van der Waals surface area contributed by atoms with Gasteiger partial charge in [0.15, 0.2) is 5.13 Å². The minimum Gasteiger partial charge on any atom is -0.489 e. The predicted octanol–water partition coefficient (Wildman–Crippen LogP) is 3.87. The Morgan fingerprint density at radius 1 is 1.37 bits per heavy atom. The zero-order valence-electron chi connectivity index (χ0n) is 14.7. The molecule has 2 aromatic heterocycles. The van der Waals surface area contributed by atoms with Gasteiger partial charge in [-0.1, -0.05) is 17.3 Å². The van der Waals surface area contributed by atoms with Crippen molar-refractivity contribution in [2.45, 2.75) is 20.5 Å². The average Bonchev–Trinajstić information content (AvgIpc) is 3.29. The second-order valence-electron chi connectivity index (χ2n) is 5.62. The zero-order valence-corrected chi connectivity index (χ0v) is 15.5. The lowest BCUT2D eigenvalue weighted by Gasteiger charge is -2.06.